The number of amides is 2. The lowest BCUT2D eigenvalue weighted by Crippen LogP contribution is -2.50. The van der Waals surface area contributed by atoms with E-state index in [0.717, 1.165) is 12.1 Å². The van der Waals surface area contributed by atoms with Crippen LogP contribution in [0.1, 0.15) is 20.3 Å². The molecule has 1 aromatic rings. The molecular formula is C13H17F3N2O3S. The van der Waals surface area contributed by atoms with Gasteiger partial charge in [0.15, 0.2) is 10.8 Å². The van der Waals surface area contributed by atoms with Crippen molar-refractivity contribution >= 4 is 22.5 Å². The second-order valence-electron chi connectivity index (χ2n) is 4.89. The van der Waals surface area contributed by atoms with Crippen molar-refractivity contribution in [2.24, 2.45) is 0 Å². The number of hydrogen-bond acceptors (Lipinski definition) is 3. The van der Waals surface area contributed by atoms with Gasteiger partial charge in [-0.1, -0.05) is 6.92 Å². The molecule has 0 fully saturated rings. The minimum absolute atomic E-state index is 0.247. The summed E-state index contributed by atoms with van der Waals surface area (Å²) in [4.78, 5) is 11.4. The first kappa shape index (κ1) is 18.4. The SMILES string of the molecule is CCC(C)(CO)NC(=O)Nc1ccc(S(=O)C(F)(F)F)cc1. The first-order chi connectivity index (χ1) is 10.1. The molecule has 2 unspecified atom stereocenters. The lowest BCUT2D eigenvalue weighted by atomic mass is 10.0. The van der Waals surface area contributed by atoms with Crippen LogP contribution in [0, 0.1) is 0 Å². The van der Waals surface area contributed by atoms with Gasteiger partial charge in [-0.05, 0) is 37.6 Å². The molecule has 2 atom stereocenters. The Kier molecular flexibility index (Phi) is 5.95. The van der Waals surface area contributed by atoms with Crippen molar-refractivity contribution in [3.63, 3.8) is 0 Å². The van der Waals surface area contributed by atoms with E-state index in [4.69, 9.17) is 0 Å². The predicted octanol–water partition coefficient (Wildman–Crippen LogP) is 2.60. The molecule has 2 amide bonds. The van der Waals surface area contributed by atoms with Crippen LogP contribution in [0.5, 0.6) is 0 Å². The smallest absolute Gasteiger partial charge is 0.394 e. The molecule has 0 saturated carbocycles. The van der Waals surface area contributed by atoms with Crippen molar-refractivity contribution in [1.29, 1.82) is 0 Å². The minimum Gasteiger partial charge on any atom is -0.394 e. The Labute approximate surface area is 128 Å². The van der Waals surface area contributed by atoms with E-state index in [9.17, 15) is 27.3 Å². The fourth-order valence-electron chi connectivity index (χ4n) is 1.47. The molecule has 124 valence electrons. The molecule has 0 heterocycles. The summed E-state index contributed by atoms with van der Waals surface area (Å²) in [5.74, 6) is 0. The third-order valence-electron chi connectivity index (χ3n) is 3.08. The van der Waals surface area contributed by atoms with Gasteiger partial charge < -0.3 is 15.7 Å². The van der Waals surface area contributed by atoms with Crippen LogP contribution < -0.4 is 10.6 Å². The average Bonchev–Trinajstić information content (AvgIpc) is 2.46. The highest BCUT2D eigenvalue weighted by Gasteiger charge is 2.37. The third-order valence-corrected chi connectivity index (χ3v) is 4.20. The molecule has 1 rings (SSSR count). The Hall–Kier alpha value is -1.61. The first-order valence-electron chi connectivity index (χ1n) is 6.40. The number of aliphatic hydroxyl groups excluding tert-OH is 1. The van der Waals surface area contributed by atoms with Gasteiger partial charge in [0.05, 0.1) is 12.1 Å². The van der Waals surface area contributed by atoms with E-state index in [0.29, 0.717) is 6.42 Å². The molecule has 9 heteroatoms. The fourth-order valence-corrected chi connectivity index (χ4v) is 2.12. The van der Waals surface area contributed by atoms with E-state index in [1.807, 2.05) is 0 Å². The molecular weight excluding hydrogens is 321 g/mol. The van der Waals surface area contributed by atoms with Crippen LogP contribution in [-0.2, 0) is 10.8 Å². The van der Waals surface area contributed by atoms with Crippen LogP contribution in [-0.4, -0.2) is 33.0 Å². The van der Waals surface area contributed by atoms with Crippen molar-refractivity contribution in [3.05, 3.63) is 24.3 Å². The second-order valence-corrected chi connectivity index (χ2v) is 6.36. The highest BCUT2D eigenvalue weighted by molar-refractivity contribution is 7.86. The standard InChI is InChI=1S/C13H17F3N2O3S/c1-3-12(2,8-19)18-11(20)17-9-4-6-10(7-5-9)22(21)13(14,15)16/h4-7,19H,3,8H2,1-2H3,(H2,17,18,20). The summed E-state index contributed by atoms with van der Waals surface area (Å²) in [5.41, 5.74) is -5.37. The van der Waals surface area contributed by atoms with Gasteiger partial charge in [-0.3, -0.25) is 0 Å². The Morgan fingerprint density at radius 3 is 2.23 bits per heavy atom. The van der Waals surface area contributed by atoms with Crippen molar-refractivity contribution in [1.82, 2.24) is 5.32 Å². The molecule has 22 heavy (non-hydrogen) atoms. The Bertz CT molecular complexity index is 542. The van der Waals surface area contributed by atoms with Crippen LogP contribution in [0.15, 0.2) is 29.2 Å². The first-order valence-corrected chi connectivity index (χ1v) is 7.55. The summed E-state index contributed by atoms with van der Waals surface area (Å²) in [7, 11) is -3.10. The predicted molar refractivity (Wildman–Crippen MR) is 76.8 cm³/mol. The summed E-state index contributed by atoms with van der Waals surface area (Å²) >= 11 is 0. The van der Waals surface area contributed by atoms with E-state index in [2.05, 4.69) is 10.6 Å². The number of halogens is 3. The van der Waals surface area contributed by atoms with Gasteiger partial charge in [0.1, 0.15) is 0 Å². The topological polar surface area (TPSA) is 78.4 Å². The average molecular weight is 338 g/mol. The summed E-state index contributed by atoms with van der Waals surface area (Å²) in [6, 6.07) is 3.92. The van der Waals surface area contributed by atoms with Gasteiger partial charge in [0.2, 0.25) is 0 Å². The lowest BCUT2D eigenvalue weighted by Gasteiger charge is -2.27. The minimum atomic E-state index is -4.82. The molecule has 3 N–H and O–H groups in total. The number of carbonyl (C=O) groups is 1. The van der Waals surface area contributed by atoms with Crippen LogP contribution in [0.3, 0.4) is 0 Å². The van der Waals surface area contributed by atoms with Crippen LogP contribution in [0.25, 0.3) is 0 Å². The summed E-state index contributed by atoms with van der Waals surface area (Å²) in [5, 5.41) is 14.2. The van der Waals surface area contributed by atoms with Gasteiger partial charge >= 0.3 is 11.5 Å². The number of benzene rings is 1. The zero-order chi connectivity index (χ0) is 17.0. The molecule has 0 bridgehead atoms. The van der Waals surface area contributed by atoms with Crippen molar-refractivity contribution in [2.75, 3.05) is 11.9 Å². The molecule has 5 nitrogen and oxygen atoms in total. The van der Waals surface area contributed by atoms with E-state index >= 15 is 0 Å². The van der Waals surface area contributed by atoms with Gasteiger partial charge in [-0.15, -0.1) is 0 Å². The van der Waals surface area contributed by atoms with E-state index in [-0.39, 0.29) is 12.3 Å². The van der Waals surface area contributed by atoms with Crippen LogP contribution in [0.4, 0.5) is 23.7 Å². The molecule has 0 spiro atoms. The normalized spacial score (nSPS) is 15.7. The van der Waals surface area contributed by atoms with E-state index in [1.54, 1.807) is 13.8 Å². The van der Waals surface area contributed by atoms with Gasteiger partial charge in [-0.2, -0.15) is 13.2 Å². The van der Waals surface area contributed by atoms with Crippen molar-refractivity contribution in [2.45, 2.75) is 36.2 Å². The monoisotopic (exact) mass is 338 g/mol. The van der Waals surface area contributed by atoms with Gasteiger partial charge in [0.25, 0.3) is 0 Å². The Balaban J connectivity index is 2.73. The maximum atomic E-state index is 12.3. The molecule has 0 aliphatic carbocycles. The quantitative estimate of drug-likeness (QED) is 0.772. The number of aliphatic hydroxyl groups is 1. The molecule has 0 aliphatic heterocycles. The molecule has 0 radical (unpaired) electrons. The molecule has 0 aliphatic rings. The van der Waals surface area contributed by atoms with Gasteiger partial charge in [0, 0.05) is 10.6 Å². The molecule has 0 saturated heterocycles. The second kappa shape index (κ2) is 7.10. The zero-order valence-electron chi connectivity index (χ0n) is 12.0. The van der Waals surface area contributed by atoms with Crippen molar-refractivity contribution in [3.8, 4) is 0 Å². The van der Waals surface area contributed by atoms with Crippen molar-refractivity contribution < 1.29 is 27.3 Å². The maximum Gasteiger partial charge on any atom is 0.475 e. The fraction of sp³-hybridized carbons (Fsp3) is 0.462. The number of hydrogen-bond donors (Lipinski definition) is 3. The van der Waals surface area contributed by atoms with Gasteiger partial charge in [-0.25, -0.2) is 9.00 Å². The van der Waals surface area contributed by atoms with Crippen LogP contribution in [0.2, 0.25) is 0 Å². The summed E-state index contributed by atoms with van der Waals surface area (Å²) < 4.78 is 48.0. The Morgan fingerprint density at radius 1 is 1.27 bits per heavy atom. The highest BCUT2D eigenvalue weighted by atomic mass is 32.2. The molecule has 0 aromatic heterocycles. The summed E-state index contributed by atoms with van der Waals surface area (Å²) in [6.45, 7) is 3.19. The number of carbonyl (C=O) groups excluding carboxylic acids is 1. The lowest BCUT2D eigenvalue weighted by molar-refractivity contribution is -0.0384. The zero-order valence-corrected chi connectivity index (χ0v) is 12.8. The van der Waals surface area contributed by atoms with Crippen LogP contribution >= 0.6 is 0 Å². The van der Waals surface area contributed by atoms with E-state index < -0.39 is 32.8 Å². The summed E-state index contributed by atoms with van der Waals surface area (Å²) in [6.07, 6.45) is 0.500. The number of alkyl halides is 3. The maximum absolute atomic E-state index is 12.3. The number of anilines is 1. The number of urea groups is 1. The van der Waals surface area contributed by atoms with E-state index in [1.165, 1.54) is 12.1 Å². The number of nitrogens with one attached hydrogen (secondary N) is 2. The Morgan fingerprint density at radius 2 is 1.82 bits per heavy atom. The largest absolute Gasteiger partial charge is 0.475 e. The molecule has 1 aromatic carbocycles. The highest BCUT2D eigenvalue weighted by Crippen LogP contribution is 2.26. The number of rotatable bonds is 5. The third kappa shape index (κ3) is 4.99.